The third-order valence-electron chi connectivity index (χ3n) is 6.96. The molecule has 2 aliphatic heterocycles. The van der Waals surface area contributed by atoms with Crippen LogP contribution >= 0.6 is 0 Å². The maximum absolute atomic E-state index is 13.9. The van der Waals surface area contributed by atoms with Gasteiger partial charge in [0, 0.05) is 18.7 Å². The van der Waals surface area contributed by atoms with Crippen LogP contribution in [0.15, 0.2) is 48.5 Å². The van der Waals surface area contributed by atoms with Crippen molar-refractivity contribution in [3.8, 4) is 16.9 Å². The van der Waals surface area contributed by atoms with Gasteiger partial charge < -0.3 is 20.3 Å². The maximum Gasteiger partial charge on any atom is 0.255 e. The van der Waals surface area contributed by atoms with Crippen molar-refractivity contribution in [1.29, 1.82) is 0 Å². The number of nitrogens with zero attached hydrogens (tertiary/aromatic N) is 2. The summed E-state index contributed by atoms with van der Waals surface area (Å²) in [5.41, 5.74) is 6.66. The van der Waals surface area contributed by atoms with E-state index in [1.807, 2.05) is 42.5 Å². The van der Waals surface area contributed by atoms with E-state index in [0.717, 1.165) is 49.2 Å². The molecule has 35 heavy (non-hydrogen) atoms. The molecule has 0 bridgehead atoms. The highest BCUT2D eigenvalue weighted by Crippen LogP contribution is 2.29. The Balaban J connectivity index is 1.37. The molecular weight excluding hydrogens is 445 g/mol. The van der Waals surface area contributed by atoms with Gasteiger partial charge in [-0.25, -0.2) is 4.39 Å². The number of benzene rings is 2. The number of likely N-dealkylation sites (tertiary alicyclic amines) is 2. The van der Waals surface area contributed by atoms with Gasteiger partial charge in [-0.15, -0.1) is 0 Å². The van der Waals surface area contributed by atoms with Crippen molar-refractivity contribution in [2.45, 2.75) is 51.2 Å². The first-order valence-corrected chi connectivity index (χ1v) is 12.5. The minimum atomic E-state index is -1.16. The van der Waals surface area contributed by atoms with Crippen LogP contribution in [0.3, 0.4) is 0 Å². The second-order valence-corrected chi connectivity index (χ2v) is 10.4. The Morgan fingerprint density at radius 1 is 1.03 bits per heavy atom. The molecule has 2 heterocycles. The van der Waals surface area contributed by atoms with E-state index in [2.05, 4.69) is 4.90 Å². The van der Waals surface area contributed by atoms with Gasteiger partial charge in [-0.1, -0.05) is 30.3 Å². The zero-order chi connectivity index (χ0) is 25.0. The molecule has 4 rings (SSSR count). The van der Waals surface area contributed by atoms with E-state index in [4.69, 9.17) is 10.5 Å². The number of halogens is 1. The molecule has 0 saturated carbocycles. The highest BCUT2D eigenvalue weighted by Gasteiger charge is 2.34. The quantitative estimate of drug-likeness (QED) is 0.611. The number of nitrogens with two attached hydrogens (primary N) is 1. The van der Waals surface area contributed by atoms with Crippen LogP contribution in [0.5, 0.6) is 5.75 Å². The van der Waals surface area contributed by atoms with Crippen LogP contribution in [0, 0.1) is 5.92 Å². The molecule has 188 valence electrons. The average molecular weight is 482 g/mol. The fraction of sp³-hybridized carbons (Fsp3) is 0.500. The minimum Gasteiger partial charge on any atom is -0.493 e. The van der Waals surface area contributed by atoms with Crippen molar-refractivity contribution in [3.05, 3.63) is 54.1 Å². The Labute approximate surface area is 207 Å². The summed E-state index contributed by atoms with van der Waals surface area (Å²) < 4.78 is 19.9. The molecule has 6 nitrogen and oxygen atoms in total. The molecule has 2 saturated heterocycles. The molecule has 2 aliphatic rings. The van der Waals surface area contributed by atoms with Gasteiger partial charge in [0.25, 0.3) is 5.91 Å². The molecule has 0 radical (unpaired) electrons. The number of ether oxygens (including phenoxy) is 1. The lowest BCUT2D eigenvalue weighted by Gasteiger charge is -2.34. The Kier molecular flexibility index (Phi) is 7.75. The number of hydrogen-bond acceptors (Lipinski definition) is 4. The fourth-order valence-corrected chi connectivity index (χ4v) is 5.17. The third kappa shape index (κ3) is 6.40. The number of amides is 2. The van der Waals surface area contributed by atoms with Crippen molar-refractivity contribution in [2.75, 3.05) is 32.8 Å². The summed E-state index contributed by atoms with van der Waals surface area (Å²) in [5.74, 6) is 0.639. The van der Waals surface area contributed by atoms with E-state index in [1.54, 1.807) is 24.8 Å². The normalized spacial score (nSPS) is 19.6. The van der Waals surface area contributed by atoms with Crippen molar-refractivity contribution >= 4 is 11.8 Å². The first-order valence-electron chi connectivity index (χ1n) is 12.5. The second kappa shape index (κ2) is 10.8. The number of primary amides is 1. The molecule has 1 atom stereocenters. The van der Waals surface area contributed by atoms with Gasteiger partial charge in [0.2, 0.25) is 5.91 Å². The van der Waals surface area contributed by atoms with Crippen LogP contribution in [0.1, 0.15) is 49.9 Å². The van der Waals surface area contributed by atoms with Gasteiger partial charge >= 0.3 is 0 Å². The van der Waals surface area contributed by atoms with Crippen molar-refractivity contribution in [3.63, 3.8) is 0 Å². The average Bonchev–Trinajstić information content (AvgIpc) is 3.33. The third-order valence-corrected chi connectivity index (χ3v) is 6.96. The number of rotatable bonds is 8. The number of carbonyl (C=O) groups excluding carboxylic acids is 2. The van der Waals surface area contributed by atoms with Crippen molar-refractivity contribution in [1.82, 2.24) is 9.80 Å². The molecule has 0 spiro atoms. The minimum absolute atomic E-state index is 0.162. The topological polar surface area (TPSA) is 75.9 Å². The van der Waals surface area contributed by atoms with E-state index in [-0.39, 0.29) is 5.91 Å². The van der Waals surface area contributed by atoms with E-state index in [0.29, 0.717) is 37.6 Å². The molecular formula is C28H36FN3O3. The summed E-state index contributed by atoms with van der Waals surface area (Å²) in [6.45, 7) is 6.72. The van der Waals surface area contributed by atoms with Crippen LogP contribution in [-0.4, -0.2) is 66.1 Å². The first-order chi connectivity index (χ1) is 16.7. The molecule has 2 aromatic carbocycles. The standard InChI is InChI=1S/C28H36FN3O3/c1-28(2,29)19-31-16-13-20(14-17-31)18-35-22-11-9-21(10-12-22)23-6-3-4-7-24(23)27(34)32-15-5-8-25(32)26(30)33/h3-4,6-7,9-12,20,25H,5,8,13-19H2,1-2H3,(H2,30,33)/t25-/m0/s1. The summed E-state index contributed by atoms with van der Waals surface area (Å²) in [6.07, 6.45) is 3.40. The van der Waals surface area contributed by atoms with Crippen LogP contribution in [-0.2, 0) is 4.79 Å². The summed E-state index contributed by atoms with van der Waals surface area (Å²) in [6, 6.07) is 14.7. The molecule has 2 N–H and O–H groups in total. The highest BCUT2D eigenvalue weighted by atomic mass is 19.1. The van der Waals surface area contributed by atoms with Crippen LogP contribution in [0.2, 0.25) is 0 Å². The molecule has 0 aliphatic carbocycles. The lowest BCUT2D eigenvalue weighted by molar-refractivity contribution is -0.121. The van der Waals surface area contributed by atoms with E-state index < -0.39 is 17.6 Å². The smallest absolute Gasteiger partial charge is 0.255 e. The van der Waals surface area contributed by atoms with Crippen LogP contribution in [0.4, 0.5) is 4.39 Å². The SMILES string of the molecule is CC(C)(F)CN1CCC(COc2ccc(-c3ccccc3C(=O)N3CCC[C@H]3C(N)=O)cc2)CC1. The van der Waals surface area contributed by atoms with Gasteiger partial charge in [0.15, 0.2) is 0 Å². The van der Waals surface area contributed by atoms with Gasteiger partial charge in [0.05, 0.1) is 6.61 Å². The molecule has 0 aromatic heterocycles. The monoisotopic (exact) mass is 481 g/mol. The Hall–Kier alpha value is -2.93. The number of piperidine rings is 1. The lowest BCUT2D eigenvalue weighted by Crippen LogP contribution is -2.43. The highest BCUT2D eigenvalue weighted by molar-refractivity contribution is 6.03. The lowest BCUT2D eigenvalue weighted by atomic mass is 9.96. The van der Waals surface area contributed by atoms with Crippen molar-refractivity contribution in [2.24, 2.45) is 11.7 Å². The summed E-state index contributed by atoms with van der Waals surface area (Å²) in [4.78, 5) is 28.8. The zero-order valence-electron chi connectivity index (χ0n) is 20.7. The number of hydrogen-bond donors (Lipinski definition) is 1. The molecule has 7 heteroatoms. The van der Waals surface area contributed by atoms with Gasteiger partial charge in [0.1, 0.15) is 17.5 Å². The summed E-state index contributed by atoms with van der Waals surface area (Å²) in [7, 11) is 0. The summed E-state index contributed by atoms with van der Waals surface area (Å²) >= 11 is 0. The maximum atomic E-state index is 13.9. The first kappa shape index (κ1) is 25.2. The Morgan fingerprint density at radius 3 is 2.37 bits per heavy atom. The van der Waals surface area contributed by atoms with E-state index in [1.165, 1.54) is 0 Å². The van der Waals surface area contributed by atoms with E-state index in [9.17, 15) is 14.0 Å². The number of alkyl halides is 1. The Bertz CT molecular complexity index is 1030. The Morgan fingerprint density at radius 2 is 1.71 bits per heavy atom. The van der Waals surface area contributed by atoms with E-state index >= 15 is 0 Å². The molecule has 0 unspecified atom stereocenters. The number of carbonyl (C=O) groups is 2. The fourth-order valence-electron chi connectivity index (χ4n) is 5.17. The zero-order valence-corrected chi connectivity index (χ0v) is 20.7. The van der Waals surface area contributed by atoms with Gasteiger partial charge in [-0.2, -0.15) is 0 Å². The predicted octanol–water partition coefficient (Wildman–Crippen LogP) is 4.28. The largest absolute Gasteiger partial charge is 0.493 e. The van der Waals surface area contributed by atoms with Crippen LogP contribution < -0.4 is 10.5 Å². The second-order valence-electron chi connectivity index (χ2n) is 10.4. The van der Waals surface area contributed by atoms with Gasteiger partial charge in [-0.05, 0) is 87.9 Å². The summed E-state index contributed by atoms with van der Waals surface area (Å²) in [5, 5.41) is 0. The van der Waals surface area contributed by atoms with Crippen molar-refractivity contribution < 1.29 is 18.7 Å². The van der Waals surface area contributed by atoms with Gasteiger partial charge in [-0.3, -0.25) is 9.59 Å². The predicted molar refractivity (Wildman–Crippen MR) is 135 cm³/mol. The molecule has 2 aromatic rings. The molecule has 2 fully saturated rings. The molecule has 2 amide bonds. The van der Waals surface area contributed by atoms with Crippen LogP contribution in [0.25, 0.3) is 11.1 Å².